The van der Waals surface area contributed by atoms with E-state index < -0.39 is 0 Å². The van der Waals surface area contributed by atoms with Crippen molar-refractivity contribution in [1.29, 1.82) is 0 Å². The number of alkyl halides is 1. The van der Waals surface area contributed by atoms with E-state index in [9.17, 15) is 0 Å². The van der Waals surface area contributed by atoms with Crippen molar-refractivity contribution in [3.8, 4) is 11.5 Å². The number of hydrogen-bond donors (Lipinski definition) is 0. The Morgan fingerprint density at radius 3 is 2.47 bits per heavy atom. The summed E-state index contributed by atoms with van der Waals surface area (Å²) in [5.74, 6) is 2.80. The minimum Gasteiger partial charge on any atom is -0.493 e. The predicted octanol–water partition coefficient (Wildman–Crippen LogP) is 3.05. The Hall–Kier alpha value is -0.930. The van der Waals surface area contributed by atoms with Gasteiger partial charge in [0, 0.05) is 19.0 Å². The first-order valence-electron chi connectivity index (χ1n) is 6.56. The highest BCUT2D eigenvalue weighted by Crippen LogP contribution is 2.27. The maximum absolute atomic E-state index is 5.83. The van der Waals surface area contributed by atoms with Gasteiger partial charge in [-0.25, -0.2) is 0 Å². The van der Waals surface area contributed by atoms with Crippen LogP contribution in [0.5, 0.6) is 11.5 Å². The second kappa shape index (κ2) is 8.28. The highest BCUT2D eigenvalue weighted by molar-refractivity contribution is 6.18. The molecule has 0 saturated heterocycles. The van der Waals surface area contributed by atoms with Crippen LogP contribution in [0.1, 0.15) is 12.5 Å². The van der Waals surface area contributed by atoms with Crippen molar-refractivity contribution in [3.63, 3.8) is 0 Å². The van der Waals surface area contributed by atoms with Crippen molar-refractivity contribution in [2.75, 3.05) is 40.2 Å². The summed E-state index contributed by atoms with van der Waals surface area (Å²) < 4.78 is 10.5. The molecule has 0 unspecified atom stereocenters. The lowest BCUT2D eigenvalue weighted by Crippen LogP contribution is -2.27. The summed E-state index contributed by atoms with van der Waals surface area (Å²) in [7, 11) is 5.44. The van der Waals surface area contributed by atoms with Gasteiger partial charge >= 0.3 is 0 Å². The zero-order valence-corrected chi connectivity index (χ0v) is 13.0. The molecule has 0 aliphatic rings. The summed E-state index contributed by atoms with van der Waals surface area (Å²) in [4.78, 5) is 2.31. The van der Waals surface area contributed by atoms with Crippen LogP contribution in [-0.4, -0.2) is 45.1 Å². The molecule has 0 amide bonds. The van der Waals surface area contributed by atoms with Crippen LogP contribution < -0.4 is 9.47 Å². The van der Waals surface area contributed by atoms with Crippen LogP contribution >= 0.6 is 11.6 Å². The van der Waals surface area contributed by atoms with Crippen LogP contribution in [0.4, 0.5) is 0 Å². The Bertz CT molecular complexity index is 384. The molecule has 1 rings (SSSR count). The molecule has 0 aromatic heterocycles. The number of rotatable bonds is 8. The smallest absolute Gasteiger partial charge is 0.160 e. The minimum absolute atomic E-state index is 0.525. The van der Waals surface area contributed by atoms with E-state index >= 15 is 0 Å². The third-order valence-electron chi connectivity index (χ3n) is 3.12. The number of benzene rings is 1. The Labute approximate surface area is 121 Å². The van der Waals surface area contributed by atoms with Crippen molar-refractivity contribution in [3.05, 3.63) is 23.8 Å². The first-order valence-corrected chi connectivity index (χ1v) is 7.09. The molecule has 0 saturated carbocycles. The lowest BCUT2D eigenvalue weighted by Gasteiger charge is -2.20. The fraction of sp³-hybridized carbons (Fsp3) is 0.600. The van der Waals surface area contributed by atoms with Gasteiger partial charge in [0.15, 0.2) is 11.5 Å². The Kier molecular flexibility index (Phi) is 7.03. The van der Waals surface area contributed by atoms with Crippen molar-refractivity contribution in [2.45, 2.75) is 13.3 Å². The van der Waals surface area contributed by atoms with E-state index in [2.05, 4.69) is 24.9 Å². The molecule has 0 radical (unpaired) electrons. The number of nitrogens with zero attached hydrogens (tertiary/aromatic N) is 1. The lowest BCUT2D eigenvalue weighted by molar-refractivity contribution is 0.300. The molecule has 0 aliphatic heterocycles. The number of hydrogen-bond acceptors (Lipinski definition) is 3. The highest BCUT2D eigenvalue weighted by atomic mass is 35.5. The predicted molar refractivity (Wildman–Crippen MR) is 80.6 cm³/mol. The van der Waals surface area contributed by atoms with Crippen LogP contribution in [0.2, 0.25) is 0 Å². The number of halogens is 1. The van der Waals surface area contributed by atoms with Gasteiger partial charge in [-0.2, -0.15) is 0 Å². The van der Waals surface area contributed by atoms with E-state index in [1.54, 1.807) is 14.2 Å². The van der Waals surface area contributed by atoms with Gasteiger partial charge in [0.25, 0.3) is 0 Å². The van der Waals surface area contributed by atoms with Crippen molar-refractivity contribution in [1.82, 2.24) is 4.90 Å². The quantitative estimate of drug-likeness (QED) is 0.685. The van der Waals surface area contributed by atoms with E-state index in [1.165, 1.54) is 5.56 Å². The fourth-order valence-corrected chi connectivity index (χ4v) is 2.13. The molecule has 19 heavy (non-hydrogen) atoms. The van der Waals surface area contributed by atoms with Gasteiger partial charge in [0.2, 0.25) is 0 Å². The van der Waals surface area contributed by atoms with Crippen molar-refractivity contribution < 1.29 is 9.47 Å². The second-order valence-corrected chi connectivity index (χ2v) is 5.27. The van der Waals surface area contributed by atoms with Gasteiger partial charge in [0.1, 0.15) is 0 Å². The summed E-state index contributed by atoms with van der Waals surface area (Å²) in [6.07, 6.45) is 0.992. The molecule has 3 nitrogen and oxygen atoms in total. The van der Waals surface area contributed by atoms with Gasteiger partial charge in [-0.15, -0.1) is 11.6 Å². The Morgan fingerprint density at radius 1 is 1.21 bits per heavy atom. The molecule has 4 heteroatoms. The molecule has 0 fully saturated rings. The van der Waals surface area contributed by atoms with E-state index in [-0.39, 0.29) is 0 Å². The summed E-state index contributed by atoms with van der Waals surface area (Å²) in [6.45, 7) is 4.20. The summed E-state index contributed by atoms with van der Waals surface area (Å²) in [5, 5.41) is 0. The standard InChI is InChI=1S/C15H24ClNO2/c1-12(10-16)11-17(2)8-7-13-5-6-14(18-3)15(9-13)19-4/h5-6,9,12H,7-8,10-11H2,1-4H3/t12-/m0/s1. The number of methoxy groups -OCH3 is 2. The summed E-state index contributed by atoms with van der Waals surface area (Å²) in [5.41, 5.74) is 1.25. The third kappa shape index (κ3) is 5.29. The molecule has 0 N–H and O–H groups in total. The van der Waals surface area contributed by atoms with Crippen LogP contribution in [-0.2, 0) is 6.42 Å². The van der Waals surface area contributed by atoms with Gasteiger partial charge in [0.05, 0.1) is 14.2 Å². The highest BCUT2D eigenvalue weighted by Gasteiger charge is 2.07. The normalized spacial score (nSPS) is 12.5. The molecule has 0 aliphatic carbocycles. The van der Waals surface area contributed by atoms with E-state index in [4.69, 9.17) is 21.1 Å². The SMILES string of the molecule is COc1ccc(CCN(C)C[C@@H](C)CCl)cc1OC. The Morgan fingerprint density at radius 2 is 1.89 bits per heavy atom. The zero-order chi connectivity index (χ0) is 14.3. The van der Waals surface area contributed by atoms with Gasteiger partial charge in [-0.1, -0.05) is 13.0 Å². The molecule has 1 aromatic rings. The van der Waals surface area contributed by atoms with Crippen LogP contribution in [0.15, 0.2) is 18.2 Å². The summed E-state index contributed by atoms with van der Waals surface area (Å²) >= 11 is 5.83. The first-order chi connectivity index (χ1) is 9.10. The van der Waals surface area contributed by atoms with E-state index in [0.717, 1.165) is 31.0 Å². The fourth-order valence-electron chi connectivity index (χ4n) is 2.03. The molecular weight excluding hydrogens is 262 g/mol. The van der Waals surface area contributed by atoms with Crippen molar-refractivity contribution in [2.24, 2.45) is 5.92 Å². The molecule has 0 heterocycles. The minimum atomic E-state index is 0.525. The van der Waals surface area contributed by atoms with Gasteiger partial charge in [-0.05, 0) is 37.1 Å². The largest absolute Gasteiger partial charge is 0.493 e. The Balaban J connectivity index is 2.53. The average molecular weight is 286 g/mol. The van der Waals surface area contributed by atoms with E-state index in [1.807, 2.05) is 12.1 Å². The van der Waals surface area contributed by atoms with E-state index in [0.29, 0.717) is 11.8 Å². The van der Waals surface area contributed by atoms with Crippen LogP contribution in [0.25, 0.3) is 0 Å². The molecule has 0 spiro atoms. The first kappa shape index (κ1) is 16.1. The molecule has 1 aromatic carbocycles. The zero-order valence-electron chi connectivity index (χ0n) is 12.3. The average Bonchev–Trinajstić information content (AvgIpc) is 2.44. The van der Waals surface area contributed by atoms with Crippen molar-refractivity contribution >= 4 is 11.6 Å². The molecule has 1 atom stereocenters. The maximum atomic E-state index is 5.83. The maximum Gasteiger partial charge on any atom is 0.160 e. The topological polar surface area (TPSA) is 21.7 Å². The number of likely N-dealkylation sites (N-methyl/N-ethyl adjacent to an activating group) is 1. The third-order valence-corrected chi connectivity index (χ3v) is 3.64. The lowest BCUT2D eigenvalue weighted by atomic mass is 10.1. The monoisotopic (exact) mass is 285 g/mol. The molecule has 0 bridgehead atoms. The number of ether oxygens (including phenoxy) is 2. The van der Waals surface area contributed by atoms with Crippen LogP contribution in [0, 0.1) is 5.92 Å². The second-order valence-electron chi connectivity index (χ2n) is 4.96. The summed E-state index contributed by atoms with van der Waals surface area (Å²) in [6, 6.07) is 6.08. The van der Waals surface area contributed by atoms with Crippen LogP contribution in [0.3, 0.4) is 0 Å². The van der Waals surface area contributed by atoms with Gasteiger partial charge < -0.3 is 14.4 Å². The molecular formula is C15H24ClNO2. The van der Waals surface area contributed by atoms with Gasteiger partial charge in [-0.3, -0.25) is 0 Å². The molecule has 108 valence electrons.